The molecule has 4 nitrogen and oxygen atoms in total. The minimum atomic E-state index is 1.09. The van der Waals surface area contributed by atoms with E-state index in [1.165, 1.54) is 27.1 Å². The number of hydrogen-bond acceptors (Lipinski definition) is 0. The van der Waals surface area contributed by atoms with E-state index in [2.05, 4.69) is 237 Å². The molecule has 0 saturated heterocycles. The van der Waals surface area contributed by atoms with Gasteiger partial charge in [0.25, 0.3) is 0 Å². The van der Waals surface area contributed by atoms with Crippen LogP contribution in [-0.2, 0) is 0 Å². The fourth-order valence-electron chi connectivity index (χ4n) is 9.26. The second-order valence-corrected chi connectivity index (χ2v) is 15.0. The lowest BCUT2D eigenvalue weighted by molar-refractivity contribution is 1.12. The first-order chi connectivity index (χ1) is 28.8. The lowest BCUT2D eigenvalue weighted by Gasteiger charge is -2.16. The molecular formula is C54H36N4. The first-order valence-corrected chi connectivity index (χ1v) is 19.9. The molecule has 4 heteroatoms. The molecule has 0 saturated carbocycles. The number of fused-ring (bicyclic) bond motifs is 10. The van der Waals surface area contributed by atoms with E-state index in [1.54, 1.807) is 0 Å². The van der Waals surface area contributed by atoms with Crippen LogP contribution in [0.5, 0.6) is 0 Å². The summed E-state index contributed by atoms with van der Waals surface area (Å²) in [4.78, 5) is 0. The molecule has 12 aromatic rings. The lowest BCUT2D eigenvalue weighted by Crippen LogP contribution is -2.02. The molecule has 0 fully saturated rings. The van der Waals surface area contributed by atoms with Crippen molar-refractivity contribution in [3.63, 3.8) is 0 Å². The van der Waals surface area contributed by atoms with Gasteiger partial charge in [0, 0.05) is 60.7 Å². The Hall–Kier alpha value is -7.82. The smallest absolute Gasteiger partial charge is 0.0782 e. The van der Waals surface area contributed by atoms with Gasteiger partial charge < -0.3 is 18.3 Å². The van der Waals surface area contributed by atoms with Gasteiger partial charge in [-0.1, -0.05) is 109 Å². The molecule has 3 aromatic heterocycles. The van der Waals surface area contributed by atoms with Crippen LogP contribution >= 0.6 is 0 Å². The zero-order valence-corrected chi connectivity index (χ0v) is 31.6. The van der Waals surface area contributed by atoms with Crippen molar-refractivity contribution in [2.45, 2.75) is 0 Å². The summed E-state index contributed by atoms with van der Waals surface area (Å²) < 4.78 is 9.68. The zero-order chi connectivity index (χ0) is 38.2. The van der Waals surface area contributed by atoms with E-state index < -0.39 is 0 Å². The number of nitrogens with zero attached hydrogens (tertiary/aromatic N) is 4. The third kappa shape index (κ3) is 4.95. The Kier molecular flexibility index (Phi) is 7.20. The van der Waals surface area contributed by atoms with Gasteiger partial charge in [-0.15, -0.1) is 0 Å². The molecule has 0 spiro atoms. The monoisotopic (exact) mass is 740 g/mol. The molecule has 12 rings (SSSR count). The van der Waals surface area contributed by atoms with Gasteiger partial charge in [0.2, 0.25) is 0 Å². The van der Waals surface area contributed by atoms with Crippen molar-refractivity contribution in [1.29, 1.82) is 0 Å². The van der Waals surface area contributed by atoms with Crippen LogP contribution in [0.4, 0.5) is 0 Å². The molecule has 272 valence electrons. The van der Waals surface area contributed by atoms with E-state index in [9.17, 15) is 0 Å². The second kappa shape index (κ2) is 12.9. The van der Waals surface area contributed by atoms with E-state index in [4.69, 9.17) is 0 Å². The van der Waals surface area contributed by atoms with Crippen molar-refractivity contribution >= 4 is 76.5 Å². The van der Waals surface area contributed by atoms with Crippen LogP contribution in [-0.4, -0.2) is 18.3 Å². The maximum Gasteiger partial charge on any atom is 0.0782 e. The second-order valence-electron chi connectivity index (χ2n) is 15.0. The molecule has 0 radical (unpaired) electrons. The topological polar surface area (TPSA) is 19.7 Å². The van der Waals surface area contributed by atoms with Gasteiger partial charge in [0.1, 0.15) is 0 Å². The van der Waals surface area contributed by atoms with Crippen LogP contribution in [0.1, 0.15) is 0 Å². The number of hydrogen-bond donors (Lipinski definition) is 0. The van der Waals surface area contributed by atoms with Gasteiger partial charge in [0.15, 0.2) is 0 Å². The molecule has 8 bridgehead atoms. The van der Waals surface area contributed by atoms with E-state index in [0.717, 1.165) is 72.1 Å². The Morgan fingerprint density at radius 2 is 0.690 bits per heavy atom. The minimum absolute atomic E-state index is 1.09. The summed E-state index contributed by atoms with van der Waals surface area (Å²) in [6.45, 7) is 0. The highest BCUT2D eigenvalue weighted by Crippen LogP contribution is 2.39. The highest BCUT2D eigenvalue weighted by Gasteiger charge is 2.19. The molecular weight excluding hydrogens is 705 g/mol. The Bertz CT molecular complexity index is 3600. The van der Waals surface area contributed by atoms with Crippen LogP contribution in [0, 0.1) is 0 Å². The zero-order valence-electron chi connectivity index (χ0n) is 31.6. The maximum absolute atomic E-state index is 2.46. The van der Waals surface area contributed by atoms with Gasteiger partial charge in [-0.05, 0) is 120 Å². The molecule has 9 aromatic carbocycles. The van der Waals surface area contributed by atoms with Crippen molar-refractivity contribution in [2.24, 2.45) is 0 Å². The average Bonchev–Trinajstić information content (AvgIpc) is 3.80. The van der Waals surface area contributed by atoms with Gasteiger partial charge in [0.05, 0.1) is 27.8 Å². The molecule has 0 aliphatic heterocycles. The first kappa shape index (κ1) is 32.4. The number of benzene rings is 9. The fraction of sp³-hybridized carbons (Fsp3) is 0. The summed E-state index contributed by atoms with van der Waals surface area (Å²) in [6, 6.07) is 79.7. The van der Waals surface area contributed by atoms with Crippen LogP contribution in [0.3, 0.4) is 0 Å². The summed E-state index contributed by atoms with van der Waals surface area (Å²) in [6.07, 6.45) is 0. The standard InChI is InChI=1S/C54H36N4/c1-4-17-39(18-5-1)55-42-23-12-15-37(33-42)38-16-13-24-43(34-38)56(53-28-14-26-47-46-25-10-11-27-50(46)58(54(47)53)41-21-8-3-9-22-41)45-30-32-52-49(36-45)48-35-44(55)29-31-51(48)57(52)40-19-6-2-7-20-40/h1-36H. The van der Waals surface area contributed by atoms with Crippen molar-refractivity contribution in [1.82, 2.24) is 18.3 Å². The third-order valence-electron chi connectivity index (χ3n) is 11.7. The normalized spacial score (nSPS) is 11.8. The van der Waals surface area contributed by atoms with Crippen molar-refractivity contribution in [3.8, 4) is 22.7 Å². The third-order valence-corrected chi connectivity index (χ3v) is 11.7. The van der Waals surface area contributed by atoms with Crippen LogP contribution in [0.2, 0.25) is 0 Å². The molecule has 0 atom stereocenters. The van der Waals surface area contributed by atoms with E-state index in [0.29, 0.717) is 0 Å². The Morgan fingerprint density at radius 3 is 1.31 bits per heavy atom. The molecule has 3 heterocycles. The van der Waals surface area contributed by atoms with E-state index >= 15 is 0 Å². The van der Waals surface area contributed by atoms with Crippen molar-refractivity contribution in [2.75, 3.05) is 0 Å². The van der Waals surface area contributed by atoms with Gasteiger partial charge in [-0.2, -0.15) is 0 Å². The number of rotatable bonds is 4. The largest absolute Gasteiger partial charge is 0.310 e. The molecule has 58 heavy (non-hydrogen) atoms. The van der Waals surface area contributed by atoms with Gasteiger partial charge in [-0.3, -0.25) is 0 Å². The molecule has 0 aliphatic carbocycles. The predicted molar refractivity (Wildman–Crippen MR) is 244 cm³/mol. The van der Waals surface area contributed by atoms with E-state index in [1.807, 2.05) is 0 Å². The lowest BCUT2D eigenvalue weighted by atomic mass is 10.1. The highest BCUT2D eigenvalue weighted by atomic mass is 15.1. The van der Waals surface area contributed by atoms with Gasteiger partial charge in [-0.25, -0.2) is 0 Å². The molecule has 0 aliphatic rings. The summed E-state index contributed by atoms with van der Waals surface area (Å²) in [5.74, 6) is 0. The quantitative estimate of drug-likeness (QED) is 0.171. The van der Waals surface area contributed by atoms with Crippen LogP contribution in [0.25, 0.3) is 99.2 Å². The summed E-state index contributed by atoms with van der Waals surface area (Å²) in [7, 11) is 0. The summed E-state index contributed by atoms with van der Waals surface area (Å²) in [5.41, 5.74) is 13.5. The van der Waals surface area contributed by atoms with E-state index in [-0.39, 0.29) is 0 Å². The average molecular weight is 741 g/mol. The summed E-state index contributed by atoms with van der Waals surface area (Å²) in [5, 5.41) is 7.13. The Balaban J connectivity index is 1.31. The molecule has 0 N–H and O–H groups in total. The van der Waals surface area contributed by atoms with Crippen molar-refractivity contribution in [3.05, 3.63) is 218 Å². The number of para-hydroxylation sites is 5. The Labute approximate surface area is 334 Å². The number of aromatic nitrogens is 4. The van der Waals surface area contributed by atoms with Crippen LogP contribution < -0.4 is 0 Å². The van der Waals surface area contributed by atoms with Crippen molar-refractivity contribution < 1.29 is 0 Å². The SMILES string of the molecule is c1ccc(-n2c3cccc(c3)c3cccc(c3)n(-c3cccc4c5ccccc5n(-c5ccccc5)c34)c3ccc4c(c3)c3cc2ccc3n4-c2ccccc2)cc1. The highest BCUT2D eigenvalue weighted by molar-refractivity contribution is 6.14. The molecule has 0 amide bonds. The van der Waals surface area contributed by atoms with Crippen LogP contribution in [0.15, 0.2) is 218 Å². The minimum Gasteiger partial charge on any atom is -0.310 e. The first-order valence-electron chi connectivity index (χ1n) is 19.9. The Morgan fingerprint density at radius 1 is 0.241 bits per heavy atom. The maximum atomic E-state index is 2.46. The predicted octanol–water partition coefficient (Wildman–Crippen LogP) is 14.0. The summed E-state index contributed by atoms with van der Waals surface area (Å²) >= 11 is 0. The van der Waals surface area contributed by atoms with Gasteiger partial charge >= 0.3 is 0 Å². The molecule has 0 unspecified atom stereocenters. The fourth-order valence-corrected chi connectivity index (χ4v) is 9.26.